The Balaban J connectivity index is 1.73. The number of anilines is 1. The van der Waals surface area contributed by atoms with Gasteiger partial charge in [-0.3, -0.25) is 9.78 Å². The average molecular weight is 274 g/mol. The van der Waals surface area contributed by atoms with Gasteiger partial charge in [0.05, 0.1) is 5.69 Å². The van der Waals surface area contributed by atoms with Gasteiger partial charge in [0.15, 0.2) is 0 Å². The van der Waals surface area contributed by atoms with E-state index in [1.165, 1.54) is 6.08 Å². The molecule has 0 unspecified atom stereocenters. The van der Waals surface area contributed by atoms with Gasteiger partial charge in [-0.05, 0) is 29.7 Å². The predicted molar refractivity (Wildman–Crippen MR) is 85.8 cm³/mol. The number of hydrogen-bond acceptors (Lipinski definition) is 2. The van der Waals surface area contributed by atoms with E-state index in [0.29, 0.717) is 0 Å². The van der Waals surface area contributed by atoms with Gasteiger partial charge in [-0.2, -0.15) is 0 Å². The van der Waals surface area contributed by atoms with Gasteiger partial charge in [0.2, 0.25) is 5.91 Å². The molecular weight excluding hydrogens is 260 g/mol. The molecule has 1 heterocycles. The van der Waals surface area contributed by atoms with Gasteiger partial charge < -0.3 is 5.32 Å². The third kappa shape index (κ3) is 3.34. The molecule has 102 valence electrons. The summed E-state index contributed by atoms with van der Waals surface area (Å²) in [5.74, 6) is -0.170. The number of hydrogen-bond donors (Lipinski definition) is 1. The Labute approximate surface area is 123 Å². The molecule has 1 N–H and O–H groups in total. The highest BCUT2D eigenvalue weighted by molar-refractivity contribution is 6.02. The molecule has 0 aliphatic carbocycles. The molecule has 1 amide bonds. The fraction of sp³-hybridized carbons (Fsp3) is 0. The van der Waals surface area contributed by atoms with E-state index < -0.39 is 0 Å². The van der Waals surface area contributed by atoms with Gasteiger partial charge in [0, 0.05) is 23.3 Å². The number of nitrogens with one attached hydrogen (secondary N) is 1. The third-order valence-electron chi connectivity index (χ3n) is 3.10. The van der Waals surface area contributed by atoms with E-state index >= 15 is 0 Å². The number of pyridine rings is 1. The molecule has 0 saturated heterocycles. The number of carbonyl (C=O) groups excluding carboxylic acids is 1. The molecule has 2 aromatic carbocycles. The molecule has 0 saturated carbocycles. The van der Waals surface area contributed by atoms with Crippen molar-refractivity contribution < 1.29 is 4.79 Å². The first kappa shape index (κ1) is 13.1. The molecule has 21 heavy (non-hydrogen) atoms. The topological polar surface area (TPSA) is 42.0 Å². The molecule has 0 atom stereocenters. The molecule has 3 nitrogen and oxygen atoms in total. The Morgan fingerprint density at radius 1 is 0.952 bits per heavy atom. The Kier molecular flexibility index (Phi) is 3.74. The Morgan fingerprint density at radius 2 is 1.67 bits per heavy atom. The highest BCUT2D eigenvalue weighted by atomic mass is 16.1. The van der Waals surface area contributed by atoms with Crippen molar-refractivity contribution in [1.82, 2.24) is 4.98 Å². The Bertz CT molecular complexity index is 794. The van der Waals surface area contributed by atoms with Crippen LogP contribution in [0.15, 0.2) is 72.9 Å². The highest BCUT2D eigenvalue weighted by Gasteiger charge is 1.98. The number of fused-ring (bicyclic) bond motifs is 1. The number of benzene rings is 2. The fourth-order valence-electron chi connectivity index (χ4n) is 2.06. The second-order valence-electron chi connectivity index (χ2n) is 4.64. The summed E-state index contributed by atoms with van der Waals surface area (Å²) in [6.07, 6.45) is 5.01. The summed E-state index contributed by atoms with van der Waals surface area (Å²) in [6.45, 7) is 0. The third-order valence-corrected chi connectivity index (χ3v) is 3.10. The Morgan fingerprint density at radius 3 is 2.48 bits per heavy atom. The highest BCUT2D eigenvalue weighted by Crippen LogP contribution is 2.14. The minimum absolute atomic E-state index is 0.170. The minimum atomic E-state index is -0.170. The van der Waals surface area contributed by atoms with Gasteiger partial charge in [-0.1, -0.05) is 42.5 Å². The number of aromatic nitrogens is 1. The quantitative estimate of drug-likeness (QED) is 0.736. The average Bonchev–Trinajstić information content (AvgIpc) is 2.54. The van der Waals surface area contributed by atoms with E-state index in [0.717, 1.165) is 22.2 Å². The van der Waals surface area contributed by atoms with E-state index in [4.69, 9.17) is 0 Å². The van der Waals surface area contributed by atoms with Gasteiger partial charge in [-0.25, -0.2) is 0 Å². The van der Waals surface area contributed by atoms with Gasteiger partial charge >= 0.3 is 0 Å². The van der Waals surface area contributed by atoms with Crippen LogP contribution in [0.4, 0.5) is 5.69 Å². The molecule has 0 aliphatic heterocycles. The largest absolute Gasteiger partial charge is 0.323 e. The maximum Gasteiger partial charge on any atom is 0.248 e. The van der Waals surface area contributed by atoms with E-state index in [9.17, 15) is 4.79 Å². The van der Waals surface area contributed by atoms with Gasteiger partial charge in [-0.15, -0.1) is 0 Å². The maximum atomic E-state index is 11.8. The van der Waals surface area contributed by atoms with Crippen molar-refractivity contribution in [2.24, 2.45) is 0 Å². The lowest BCUT2D eigenvalue weighted by Gasteiger charge is -2.01. The summed E-state index contributed by atoms with van der Waals surface area (Å²) < 4.78 is 0. The molecule has 3 heteroatoms. The van der Waals surface area contributed by atoms with Crippen molar-refractivity contribution in [3.63, 3.8) is 0 Å². The van der Waals surface area contributed by atoms with E-state index in [1.807, 2.05) is 66.9 Å². The van der Waals surface area contributed by atoms with Crippen LogP contribution in [0.25, 0.3) is 16.8 Å². The summed E-state index contributed by atoms with van der Waals surface area (Å²) in [5, 5.41) is 4.99. The predicted octanol–water partition coefficient (Wildman–Crippen LogP) is 3.89. The van der Waals surface area contributed by atoms with Crippen LogP contribution in [0.3, 0.4) is 0 Å². The lowest BCUT2D eigenvalue weighted by Crippen LogP contribution is -2.07. The summed E-state index contributed by atoms with van der Waals surface area (Å²) in [4.78, 5) is 16.1. The summed E-state index contributed by atoms with van der Waals surface area (Å²) >= 11 is 0. The van der Waals surface area contributed by atoms with Crippen LogP contribution >= 0.6 is 0 Å². The molecule has 3 aromatic rings. The maximum absolute atomic E-state index is 11.8. The van der Waals surface area contributed by atoms with Crippen LogP contribution in [-0.2, 0) is 4.79 Å². The van der Waals surface area contributed by atoms with Gasteiger partial charge in [0.1, 0.15) is 0 Å². The lowest BCUT2D eigenvalue weighted by molar-refractivity contribution is -0.111. The molecule has 3 rings (SSSR count). The monoisotopic (exact) mass is 274 g/mol. The molecule has 0 fully saturated rings. The zero-order valence-corrected chi connectivity index (χ0v) is 11.4. The smallest absolute Gasteiger partial charge is 0.248 e. The van der Waals surface area contributed by atoms with Crippen molar-refractivity contribution in [3.05, 3.63) is 78.6 Å². The first-order valence-electron chi connectivity index (χ1n) is 6.70. The number of carbonyl (C=O) groups is 1. The van der Waals surface area contributed by atoms with E-state index in [1.54, 1.807) is 6.08 Å². The van der Waals surface area contributed by atoms with Crippen LogP contribution < -0.4 is 5.32 Å². The number of amides is 1. The fourth-order valence-corrected chi connectivity index (χ4v) is 2.06. The molecule has 0 bridgehead atoms. The van der Waals surface area contributed by atoms with Crippen molar-refractivity contribution in [3.8, 4) is 0 Å². The molecule has 0 spiro atoms. The van der Waals surface area contributed by atoms with Crippen LogP contribution in [0, 0.1) is 0 Å². The zero-order chi connectivity index (χ0) is 14.5. The molecule has 0 radical (unpaired) electrons. The number of nitrogens with zero attached hydrogens (tertiary/aromatic N) is 1. The van der Waals surface area contributed by atoms with Crippen LogP contribution in [0.2, 0.25) is 0 Å². The zero-order valence-electron chi connectivity index (χ0n) is 11.4. The van der Waals surface area contributed by atoms with Crippen molar-refractivity contribution in [2.75, 3.05) is 5.32 Å². The SMILES string of the molecule is O=C(C=Cc1cc2ccccc2cn1)Nc1ccccc1. The number of rotatable bonds is 3. The van der Waals surface area contributed by atoms with Crippen molar-refractivity contribution >= 4 is 28.4 Å². The van der Waals surface area contributed by atoms with Crippen LogP contribution in [0.1, 0.15) is 5.69 Å². The summed E-state index contributed by atoms with van der Waals surface area (Å²) in [7, 11) is 0. The molecule has 1 aromatic heterocycles. The Hall–Kier alpha value is -2.94. The van der Waals surface area contributed by atoms with E-state index in [-0.39, 0.29) is 5.91 Å². The van der Waals surface area contributed by atoms with Gasteiger partial charge in [0.25, 0.3) is 0 Å². The molecular formula is C18H14N2O. The van der Waals surface area contributed by atoms with Crippen LogP contribution in [-0.4, -0.2) is 10.9 Å². The molecule has 0 aliphatic rings. The second-order valence-corrected chi connectivity index (χ2v) is 4.64. The standard InChI is InChI=1S/C18H14N2O/c21-18(20-16-8-2-1-3-9-16)11-10-17-12-14-6-4-5-7-15(14)13-19-17/h1-13H,(H,20,21). The first-order chi connectivity index (χ1) is 10.3. The summed E-state index contributed by atoms with van der Waals surface area (Å²) in [6, 6.07) is 19.3. The normalized spacial score (nSPS) is 10.9. The lowest BCUT2D eigenvalue weighted by atomic mass is 10.1. The number of para-hydroxylation sites is 1. The minimum Gasteiger partial charge on any atom is -0.323 e. The van der Waals surface area contributed by atoms with Crippen LogP contribution in [0.5, 0.6) is 0 Å². The van der Waals surface area contributed by atoms with Crippen molar-refractivity contribution in [2.45, 2.75) is 0 Å². The van der Waals surface area contributed by atoms with Crippen molar-refractivity contribution in [1.29, 1.82) is 0 Å². The second kappa shape index (κ2) is 6.01. The van der Waals surface area contributed by atoms with E-state index in [2.05, 4.69) is 10.3 Å². The summed E-state index contributed by atoms with van der Waals surface area (Å²) in [5.41, 5.74) is 1.54. The first-order valence-corrected chi connectivity index (χ1v) is 6.70.